The van der Waals surface area contributed by atoms with Crippen molar-refractivity contribution in [3.05, 3.63) is 11.8 Å². The van der Waals surface area contributed by atoms with Crippen LogP contribution in [0.5, 0.6) is 0 Å². The molecule has 0 spiro atoms. The van der Waals surface area contributed by atoms with Gasteiger partial charge in [-0.3, -0.25) is 5.10 Å². The maximum Gasteiger partial charge on any atom is 0.145 e. The zero-order valence-electron chi connectivity index (χ0n) is 6.09. The first-order valence-electron chi connectivity index (χ1n) is 3.07. The molecule has 0 saturated heterocycles. The van der Waals surface area contributed by atoms with E-state index in [9.17, 15) is 0 Å². The molecule has 1 rings (SSSR count). The van der Waals surface area contributed by atoms with Gasteiger partial charge in [0.15, 0.2) is 0 Å². The van der Waals surface area contributed by atoms with Crippen molar-refractivity contribution in [2.24, 2.45) is 0 Å². The highest BCUT2D eigenvalue weighted by Crippen LogP contribution is 2.13. The van der Waals surface area contributed by atoms with Gasteiger partial charge in [-0.25, -0.2) is 0 Å². The fraction of sp³-hybridized carbons (Fsp3) is 0.500. The highest BCUT2D eigenvalue weighted by atomic mass is 16.5. The highest BCUT2D eigenvalue weighted by molar-refractivity contribution is 5.29. The van der Waals surface area contributed by atoms with Gasteiger partial charge < -0.3 is 10.5 Å². The standard InChI is InChI=1S/C6H11N3O/c1-4(10-2)5-3-6(7)9-8-5/h3-4H,1-2H3,(H3,7,8,9). The fourth-order valence-electron chi connectivity index (χ4n) is 0.688. The Morgan fingerprint density at radius 3 is 2.90 bits per heavy atom. The first-order valence-corrected chi connectivity index (χ1v) is 3.07. The summed E-state index contributed by atoms with van der Waals surface area (Å²) in [6, 6.07) is 1.76. The van der Waals surface area contributed by atoms with Gasteiger partial charge in [0.25, 0.3) is 0 Å². The first kappa shape index (κ1) is 7.08. The van der Waals surface area contributed by atoms with Gasteiger partial charge in [-0.05, 0) is 6.92 Å². The molecule has 0 aliphatic rings. The van der Waals surface area contributed by atoms with Crippen LogP contribution in [-0.2, 0) is 4.74 Å². The molecular formula is C6H11N3O. The predicted octanol–water partition coefficient (Wildman–Crippen LogP) is 0.699. The number of aromatic amines is 1. The minimum atomic E-state index is 0.0322. The summed E-state index contributed by atoms with van der Waals surface area (Å²) < 4.78 is 5.02. The molecule has 56 valence electrons. The highest BCUT2D eigenvalue weighted by Gasteiger charge is 2.05. The number of methoxy groups -OCH3 is 1. The molecule has 0 bridgehead atoms. The summed E-state index contributed by atoms with van der Waals surface area (Å²) in [5, 5.41) is 6.51. The molecular weight excluding hydrogens is 130 g/mol. The van der Waals surface area contributed by atoms with Crippen molar-refractivity contribution in [2.45, 2.75) is 13.0 Å². The number of hydrogen-bond donors (Lipinski definition) is 2. The minimum Gasteiger partial charge on any atom is -0.382 e. The maximum atomic E-state index is 5.37. The average molecular weight is 141 g/mol. The van der Waals surface area contributed by atoms with Gasteiger partial charge >= 0.3 is 0 Å². The van der Waals surface area contributed by atoms with Gasteiger partial charge in [-0.2, -0.15) is 5.10 Å². The molecule has 1 heterocycles. The number of ether oxygens (including phenoxy) is 1. The van der Waals surface area contributed by atoms with E-state index in [1.54, 1.807) is 13.2 Å². The molecule has 3 N–H and O–H groups in total. The Labute approximate surface area is 59.4 Å². The summed E-state index contributed by atoms with van der Waals surface area (Å²) in [6.07, 6.45) is 0.0322. The molecule has 0 aromatic carbocycles. The lowest BCUT2D eigenvalue weighted by Crippen LogP contribution is -1.95. The number of nitrogens with zero attached hydrogens (tertiary/aromatic N) is 1. The second kappa shape index (κ2) is 2.70. The minimum absolute atomic E-state index is 0.0322. The average Bonchev–Trinajstić information content (AvgIpc) is 2.34. The van der Waals surface area contributed by atoms with Gasteiger partial charge in [0.1, 0.15) is 5.82 Å². The van der Waals surface area contributed by atoms with Crippen LogP contribution in [0.15, 0.2) is 6.07 Å². The van der Waals surface area contributed by atoms with Crippen LogP contribution in [0.1, 0.15) is 18.7 Å². The van der Waals surface area contributed by atoms with E-state index in [4.69, 9.17) is 10.5 Å². The molecule has 1 aromatic rings. The number of nitrogens with one attached hydrogen (secondary N) is 1. The number of nitrogens with two attached hydrogens (primary N) is 1. The van der Waals surface area contributed by atoms with E-state index in [2.05, 4.69) is 10.2 Å². The Morgan fingerprint density at radius 2 is 2.50 bits per heavy atom. The van der Waals surface area contributed by atoms with Crippen LogP contribution in [0.3, 0.4) is 0 Å². The van der Waals surface area contributed by atoms with E-state index in [0.29, 0.717) is 5.82 Å². The third kappa shape index (κ3) is 1.27. The monoisotopic (exact) mass is 141 g/mol. The summed E-state index contributed by atoms with van der Waals surface area (Å²) in [7, 11) is 1.64. The van der Waals surface area contributed by atoms with E-state index < -0.39 is 0 Å². The van der Waals surface area contributed by atoms with Crippen molar-refractivity contribution in [1.82, 2.24) is 10.2 Å². The quantitative estimate of drug-likeness (QED) is 0.637. The van der Waals surface area contributed by atoms with E-state index in [-0.39, 0.29) is 6.10 Å². The molecule has 4 heteroatoms. The molecule has 0 aliphatic carbocycles. The lowest BCUT2D eigenvalue weighted by atomic mass is 10.3. The van der Waals surface area contributed by atoms with Crippen molar-refractivity contribution in [2.75, 3.05) is 12.8 Å². The van der Waals surface area contributed by atoms with E-state index in [1.165, 1.54) is 0 Å². The van der Waals surface area contributed by atoms with Crippen LogP contribution < -0.4 is 5.73 Å². The number of anilines is 1. The predicted molar refractivity (Wildman–Crippen MR) is 38.4 cm³/mol. The van der Waals surface area contributed by atoms with Gasteiger partial charge in [0.05, 0.1) is 11.8 Å². The molecule has 10 heavy (non-hydrogen) atoms. The van der Waals surface area contributed by atoms with Crippen LogP contribution in [0, 0.1) is 0 Å². The number of hydrogen-bond acceptors (Lipinski definition) is 3. The Bertz CT molecular complexity index is 209. The van der Waals surface area contributed by atoms with Crippen molar-refractivity contribution in [3.8, 4) is 0 Å². The number of nitrogen functional groups attached to an aromatic ring is 1. The summed E-state index contributed by atoms with van der Waals surface area (Å²) in [5.41, 5.74) is 6.28. The van der Waals surface area contributed by atoms with Gasteiger partial charge in [-0.1, -0.05) is 0 Å². The number of aromatic nitrogens is 2. The second-order valence-corrected chi connectivity index (χ2v) is 2.13. The van der Waals surface area contributed by atoms with Crippen LogP contribution in [0.2, 0.25) is 0 Å². The SMILES string of the molecule is COC(C)c1cc(N)n[nH]1. The lowest BCUT2D eigenvalue weighted by molar-refractivity contribution is 0.116. The molecule has 1 unspecified atom stereocenters. The van der Waals surface area contributed by atoms with Gasteiger partial charge in [0, 0.05) is 13.2 Å². The largest absolute Gasteiger partial charge is 0.382 e. The van der Waals surface area contributed by atoms with Crippen molar-refractivity contribution < 1.29 is 4.74 Å². The summed E-state index contributed by atoms with van der Waals surface area (Å²) >= 11 is 0. The summed E-state index contributed by atoms with van der Waals surface area (Å²) in [4.78, 5) is 0. The Hall–Kier alpha value is -1.03. The van der Waals surface area contributed by atoms with Gasteiger partial charge in [0.2, 0.25) is 0 Å². The second-order valence-electron chi connectivity index (χ2n) is 2.13. The third-order valence-corrected chi connectivity index (χ3v) is 1.41. The van der Waals surface area contributed by atoms with E-state index in [1.807, 2.05) is 6.92 Å². The fourth-order valence-corrected chi connectivity index (χ4v) is 0.688. The van der Waals surface area contributed by atoms with E-state index >= 15 is 0 Å². The lowest BCUT2D eigenvalue weighted by Gasteiger charge is -2.03. The first-order chi connectivity index (χ1) is 4.74. The summed E-state index contributed by atoms with van der Waals surface area (Å²) in [6.45, 7) is 1.92. The molecule has 1 atom stereocenters. The van der Waals surface area contributed by atoms with Crippen LogP contribution in [-0.4, -0.2) is 17.3 Å². The molecule has 0 saturated carbocycles. The molecule has 0 amide bonds. The summed E-state index contributed by atoms with van der Waals surface area (Å²) in [5.74, 6) is 0.499. The third-order valence-electron chi connectivity index (χ3n) is 1.41. The molecule has 1 aromatic heterocycles. The topological polar surface area (TPSA) is 63.9 Å². The molecule has 0 fully saturated rings. The van der Waals surface area contributed by atoms with Crippen LogP contribution in [0.25, 0.3) is 0 Å². The number of rotatable bonds is 2. The van der Waals surface area contributed by atoms with Crippen molar-refractivity contribution >= 4 is 5.82 Å². The van der Waals surface area contributed by atoms with Crippen molar-refractivity contribution in [3.63, 3.8) is 0 Å². The Kier molecular flexibility index (Phi) is 1.91. The van der Waals surface area contributed by atoms with E-state index in [0.717, 1.165) is 5.69 Å². The Morgan fingerprint density at radius 1 is 1.80 bits per heavy atom. The molecule has 4 nitrogen and oxygen atoms in total. The van der Waals surface area contributed by atoms with Crippen LogP contribution >= 0.6 is 0 Å². The smallest absolute Gasteiger partial charge is 0.145 e. The zero-order chi connectivity index (χ0) is 7.56. The Balaban J connectivity index is 2.74. The number of H-pyrrole nitrogens is 1. The van der Waals surface area contributed by atoms with Crippen LogP contribution in [0.4, 0.5) is 5.82 Å². The van der Waals surface area contributed by atoms with Crippen molar-refractivity contribution in [1.29, 1.82) is 0 Å². The zero-order valence-corrected chi connectivity index (χ0v) is 6.09. The maximum absolute atomic E-state index is 5.37. The molecule has 0 aliphatic heterocycles. The molecule has 0 radical (unpaired) electrons. The normalized spacial score (nSPS) is 13.4. The van der Waals surface area contributed by atoms with Gasteiger partial charge in [-0.15, -0.1) is 0 Å².